The molecule has 0 fully saturated rings. The normalized spacial score (nSPS) is 10.2. The molecule has 0 radical (unpaired) electrons. The fraction of sp³-hybridized carbons (Fsp3) is 0.0714. The van der Waals surface area contributed by atoms with Gasteiger partial charge in [-0.1, -0.05) is 52.5 Å². The molecule has 3 nitrogen and oxygen atoms in total. The number of nitrogens with one attached hydrogen (secondary N) is 1. The van der Waals surface area contributed by atoms with Gasteiger partial charge in [-0.25, -0.2) is 4.79 Å². The maximum Gasteiger partial charge on any atom is 0.417 e. The first-order valence-electron chi connectivity index (χ1n) is 5.66. The predicted octanol–water partition coefficient (Wildman–Crippen LogP) is 5.57. The summed E-state index contributed by atoms with van der Waals surface area (Å²) in [5.41, 5.74) is 1.72. The summed E-state index contributed by atoms with van der Waals surface area (Å²) < 4.78 is 5.09. The number of halogens is 3. The maximum atomic E-state index is 11.7. The first kappa shape index (κ1) is 15.0. The Bertz CT molecular complexity index is 642. The molecule has 6 heteroatoms. The molecule has 0 aliphatic heterocycles. The molecule has 1 amide bonds. The van der Waals surface area contributed by atoms with Crippen LogP contribution in [0.4, 0.5) is 10.5 Å². The van der Waals surface area contributed by atoms with Gasteiger partial charge in [-0.05, 0) is 25.1 Å². The second-order valence-corrected chi connectivity index (χ2v) is 5.30. The summed E-state index contributed by atoms with van der Waals surface area (Å²) in [4.78, 5) is 11.7. The van der Waals surface area contributed by atoms with E-state index in [9.17, 15) is 4.79 Å². The zero-order valence-corrected chi connectivity index (χ0v) is 12.7. The van der Waals surface area contributed by atoms with E-state index >= 15 is 0 Å². The second-order valence-electron chi connectivity index (χ2n) is 4.08. The van der Waals surface area contributed by atoms with E-state index in [1.807, 2.05) is 19.1 Å². The molecule has 0 aliphatic carbocycles. The average molecular weight is 331 g/mol. The number of hydrogen-bond acceptors (Lipinski definition) is 2. The summed E-state index contributed by atoms with van der Waals surface area (Å²) in [6.07, 6.45) is -0.658. The predicted molar refractivity (Wildman–Crippen MR) is 82.3 cm³/mol. The van der Waals surface area contributed by atoms with Crippen molar-refractivity contribution in [2.24, 2.45) is 0 Å². The lowest BCUT2D eigenvalue weighted by atomic mass is 10.2. The van der Waals surface area contributed by atoms with Gasteiger partial charge >= 0.3 is 6.09 Å². The third-order valence-corrected chi connectivity index (χ3v) is 3.49. The minimum Gasteiger partial charge on any atom is -0.408 e. The largest absolute Gasteiger partial charge is 0.417 e. The number of benzene rings is 2. The summed E-state index contributed by atoms with van der Waals surface area (Å²) in [7, 11) is 0. The third kappa shape index (κ3) is 3.79. The molecule has 0 unspecified atom stereocenters. The molecule has 2 aromatic carbocycles. The van der Waals surface area contributed by atoms with Gasteiger partial charge in [0.25, 0.3) is 0 Å². The van der Waals surface area contributed by atoms with E-state index in [4.69, 9.17) is 39.5 Å². The monoisotopic (exact) mass is 329 g/mol. The van der Waals surface area contributed by atoms with E-state index in [0.717, 1.165) is 5.56 Å². The van der Waals surface area contributed by atoms with Gasteiger partial charge in [0.2, 0.25) is 0 Å². The van der Waals surface area contributed by atoms with E-state index in [2.05, 4.69) is 5.32 Å². The highest BCUT2D eigenvalue weighted by Crippen LogP contribution is 2.34. The molecule has 0 atom stereocenters. The zero-order chi connectivity index (χ0) is 14.7. The van der Waals surface area contributed by atoms with E-state index in [-0.39, 0.29) is 15.8 Å². The number of rotatable bonds is 2. The number of anilines is 1. The highest BCUT2D eigenvalue weighted by Gasteiger charge is 2.11. The van der Waals surface area contributed by atoms with Crippen LogP contribution in [0.5, 0.6) is 5.75 Å². The Balaban J connectivity index is 2.08. The molecule has 0 saturated carbocycles. The van der Waals surface area contributed by atoms with Crippen LogP contribution in [0.25, 0.3) is 0 Å². The van der Waals surface area contributed by atoms with Crippen molar-refractivity contribution in [3.63, 3.8) is 0 Å². The topological polar surface area (TPSA) is 38.3 Å². The lowest BCUT2D eigenvalue weighted by Crippen LogP contribution is -2.16. The van der Waals surface area contributed by atoms with Gasteiger partial charge in [-0.3, -0.25) is 5.32 Å². The lowest BCUT2D eigenvalue weighted by Gasteiger charge is -2.09. The Labute approximate surface area is 131 Å². The second kappa shape index (κ2) is 6.35. The van der Waals surface area contributed by atoms with Crippen molar-refractivity contribution >= 4 is 46.6 Å². The molecular weight excluding hydrogens is 321 g/mol. The number of hydrogen-bond donors (Lipinski definition) is 1. The smallest absolute Gasteiger partial charge is 0.408 e. The lowest BCUT2D eigenvalue weighted by molar-refractivity contribution is 0.215. The van der Waals surface area contributed by atoms with E-state index in [0.29, 0.717) is 10.7 Å². The molecule has 104 valence electrons. The molecule has 2 aromatic rings. The Morgan fingerprint density at radius 1 is 1.00 bits per heavy atom. The van der Waals surface area contributed by atoms with Crippen molar-refractivity contribution in [2.45, 2.75) is 6.92 Å². The van der Waals surface area contributed by atoms with Crippen LogP contribution in [0.1, 0.15) is 5.56 Å². The van der Waals surface area contributed by atoms with E-state index in [1.54, 1.807) is 12.1 Å². The van der Waals surface area contributed by atoms with Gasteiger partial charge in [0, 0.05) is 11.8 Å². The van der Waals surface area contributed by atoms with Crippen molar-refractivity contribution < 1.29 is 9.53 Å². The van der Waals surface area contributed by atoms with Gasteiger partial charge in [0.15, 0.2) is 5.75 Å². The summed E-state index contributed by atoms with van der Waals surface area (Å²) in [6.45, 7) is 1.96. The molecule has 20 heavy (non-hydrogen) atoms. The molecule has 1 N–H and O–H groups in total. The maximum absolute atomic E-state index is 11.7. The molecular formula is C14H10Cl3NO2. The van der Waals surface area contributed by atoms with E-state index < -0.39 is 6.09 Å². The van der Waals surface area contributed by atoms with Gasteiger partial charge < -0.3 is 4.74 Å². The van der Waals surface area contributed by atoms with Gasteiger partial charge in [0.1, 0.15) is 0 Å². The molecule has 0 spiro atoms. The zero-order valence-electron chi connectivity index (χ0n) is 10.4. The number of carbonyl (C=O) groups is 1. The summed E-state index contributed by atoms with van der Waals surface area (Å²) in [6, 6.07) is 10.1. The van der Waals surface area contributed by atoms with Crippen molar-refractivity contribution in [2.75, 3.05) is 5.32 Å². The van der Waals surface area contributed by atoms with Crippen LogP contribution in [0.3, 0.4) is 0 Å². The highest BCUT2D eigenvalue weighted by molar-refractivity contribution is 6.43. The minimum atomic E-state index is -0.658. The van der Waals surface area contributed by atoms with Crippen LogP contribution in [0.15, 0.2) is 36.4 Å². The number of amides is 1. The van der Waals surface area contributed by atoms with Crippen LogP contribution in [0, 0.1) is 6.92 Å². The van der Waals surface area contributed by atoms with Crippen molar-refractivity contribution in [1.82, 2.24) is 0 Å². The highest BCUT2D eigenvalue weighted by atomic mass is 35.5. The quantitative estimate of drug-likeness (QED) is 0.731. The van der Waals surface area contributed by atoms with Gasteiger partial charge in [-0.2, -0.15) is 0 Å². The van der Waals surface area contributed by atoms with E-state index in [1.165, 1.54) is 12.1 Å². The Hall–Kier alpha value is -1.42. The molecule has 0 saturated heterocycles. The SMILES string of the molecule is Cc1ccc(NC(=O)Oc2cc(Cl)c(Cl)cc2Cl)cc1. The molecule has 0 bridgehead atoms. The standard InChI is InChI=1S/C14H10Cl3NO2/c1-8-2-4-9(5-3-8)18-14(19)20-13-7-11(16)10(15)6-12(13)17/h2-7H,1H3,(H,18,19). The summed E-state index contributed by atoms with van der Waals surface area (Å²) in [5.74, 6) is 0.144. The van der Waals surface area contributed by atoms with Crippen LogP contribution in [-0.2, 0) is 0 Å². The Morgan fingerprint density at radius 2 is 1.60 bits per heavy atom. The minimum absolute atomic E-state index is 0.144. The molecule has 0 aromatic heterocycles. The first-order chi connectivity index (χ1) is 9.45. The molecule has 0 aliphatic rings. The van der Waals surface area contributed by atoms with Crippen LogP contribution >= 0.6 is 34.8 Å². The van der Waals surface area contributed by atoms with Crippen LogP contribution in [-0.4, -0.2) is 6.09 Å². The van der Waals surface area contributed by atoms with Crippen molar-refractivity contribution in [3.8, 4) is 5.75 Å². The number of aryl methyl sites for hydroxylation is 1. The Morgan fingerprint density at radius 3 is 2.25 bits per heavy atom. The first-order valence-corrected chi connectivity index (χ1v) is 6.79. The van der Waals surface area contributed by atoms with Gasteiger partial charge in [-0.15, -0.1) is 0 Å². The van der Waals surface area contributed by atoms with Crippen molar-refractivity contribution in [3.05, 3.63) is 57.0 Å². The number of ether oxygens (including phenoxy) is 1. The summed E-state index contributed by atoms with van der Waals surface area (Å²) >= 11 is 17.6. The fourth-order valence-electron chi connectivity index (χ4n) is 1.46. The van der Waals surface area contributed by atoms with Crippen molar-refractivity contribution in [1.29, 1.82) is 0 Å². The number of carbonyl (C=O) groups excluding carboxylic acids is 1. The average Bonchev–Trinajstić information content (AvgIpc) is 2.39. The van der Waals surface area contributed by atoms with Crippen LogP contribution < -0.4 is 10.1 Å². The van der Waals surface area contributed by atoms with Crippen LogP contribution in [0.2, 0.25) is 15.1 Å². The Kier molecular flexibility index (Phi) is 4.76. The van der Waals surface area contributed by atoms with Gasteiger partial charge in [0.05, 0.1) is 15.1 Å². The summed E-state index contributed by atoms with van der Waals surface area (Å²) in [5, 5.41) is 3.34. The third-order valence-electron chi connectivity index (χ3n) is 2.48. The molecule has 0 heterocycles. The fourth-order valence-corrected chi connectivity index (χ4v) is 2.04. The molecule has 2 rings (SSSR count).